The first-order valence-corrected chi connectivity index (χ1v) is 16.7. The molecule has 2 N–H and O–H groups in total. The van der Waals surface area contributed by atoms with Crippen molar-refractivity contribution in [3.05, 3.63) is 29.3 Å². The summed E-state index contributed by atoms with van der Waals surface area (Å²) >= 11 is 0. The van der Waals surface area contributed by atoms with Gasteiger partial charge in [0.1, 0.15) is 5.75 Å². The third kappa shape index (κ3) is 7.21. The molecular weight excluding hydrogens is 482 g/mol. The molecular formula is C35H57NO3. The molecule has 1 aromatic carbocycles. The van der Waals surface area contributed by atoms with Gasteiger partial charge in [-0.3, -0.25) is 4.79 Å². The first-order valence-electron chi connectivity index (χ1n) is 16.7. The van der Waals surface area contributed by atoms with Crippen LogP contribution in [0.5, 0.6) is 5.75 Å². The number of fused-ring (bicyclic) bond motifs is 5. The van der Waals surface area contributed by atoms with Crippen LogP contribution < -0.4 is 0 Å². The molecule has 1 aromatic rings. The Balaban J connectivity index is 1.18. The summed E-state index contributed by atoms with van der Waals surface area (Å²) < 4.78 is 0. The first-order chi connectivity index (χ1) is 18.9. The predicted octanol–water partition coefficient (Wildman–Crippen LogP) is 8.38. The molecule has 0 aromatic heterocycles. The maximum Gasteiger partial charge on any atom is 0.222 e. The molecule has 4 rings (SSSR count). The normalized spacial score (nSPS) is 29.5. The van der Waals surface area contributed by atoms with E-state index in [2.05, 4.69) is 26.8 Å². The summed E-state index contributed by atoms with van der Waals surface area (Å²) in [4.78, 5) is 14.4. The second kappa shape index (κ2) is 14.4. The fraction of sp³-hybridized carbons (Fsp3) is 0.800. The van der Waals surface area contributed by atoms with Crippen LogP contribution in [0.4, 0.5) is 0 Å². The van der Waals surface area contributed by atoms with Crippen LogP contribution in [0.15, 0.2) is 18.2 Å². The van der Waals surface area contributed by atoms with E-state index in [-0.39, 0.29) is 11.5 Å². The zero-order valence-electron chi connectivity index (χ0n) is 25.3. The minimum absolute atomic E-state index is 0.1000. The molecule has 220 valence electrons. The number of carbonyl (C=O) groups is 1. The Labute approximate surface area is 239 Å². The molecule has 2 saturated carbocycles. The van der Waals surface area contributed by atoms with Crippen LogP contribution in [-0.2, 0) is 11.2 Å². The Kier molecular flexibility index (Phi) is 11.2. The van der Waals surface area contributed by atoms with Crippen molar-refractivity contribution in [3.8, 4) is 5.75 Å². The minimum atomic E-state index is -0.130. The SMILES string of the molecule is CCCCN(CC)C(=O)CCCCCCCCCC[C@@H]1Cc2cc(O)ccc2[C@H]2CC[C@]3(C)[C@@H](O)CC[C@H]3[C@H]12. The molecule has 0 spiro atoms. The van der Waals surface area contributed by atoms with Gasteiger partial charge in [0.25, 0.3) is 0 Å². The Hall–Kier alpha value is -1.55. The van der Waals surface area contributed by atoms with E-state index >= 15 is 0 Å². The third-order valence-corrected chi connectivity index (χ3v) is 11.1. The van der Waals surface area contributed by atoms with Crippen LogP contribution in [0, 0.1) is 23.2 Å². The topological polar surface area (TPSA) is 60.8 Å². The van der Waals surface area contributed by atoms with Crippen molar-refractivity contribution in [2.24, 2.45) is 23.2 Å². The first kappa shape index (κ1) is 30.4. The maximum atomic E-state index is 12.4. The molecule has 0 aliphatic heterocycles. The van der Waals surface area contributed by atoms with E-state index in [1.54, 1.807) is 0 Å². The van der Waals surface area contributed by atoms with E-state index in [0.717, 1.165) is 58.0 Å². The highest BCUT2D eigenvalue weighted by molar-refractivity contribution is 5.76. The van der Waals surface area contributed by atoms with Gasteiger partial charge in [0.15, 0.2) is 0 Å². The highest BCUT2D eigenvalue weighted by atomic mass is 16.3. The third-order valence-electron chi connectivity index (χ3n) is 11.1. The zero-order chi connectivity index (χ0) is 27.8. The lowest BCUT2D eigenvalue weighted by Gasteiger charge is -2.53. The molecule has 4 nitrogen and oxygen atoms in total. The average molecular weight is 540 g/mol. The van der Waals surface area contributed by atoms with E-state index in [0.29, 0.717) is 35.3 Å². The second-order valence-electron chi connectivity index (χ2n) is 13.5. The summed E-state index contributed by atoms with van der Waals surface area (Å²) in [6.07, 6.45) is 19.7. The van der Waals surface area contributed by atoms with Crippen molar-refractivity contribution in [1.82, 2.24) is 4.90 Å². The number of benzene rings is 1. The summed E-state index contributed by atoms with van der Waals surface area (Å²) in [5, 5.41) is 21.1. The number of aliphatic hydroxyl groups excluding tert-OH is 1. The van der Waals surface area contributed by atoms with E-state index in [9.17, 15) is 15.0 Å². The van der Waals surface area contributed by atoms with Gasteiger partial charge in [-0.1, -0.05) is 71.3 Å². The van der Waals surface area contributed by atoms with Gasteiger partial charge in [0.2, 0.25) is 5.91 Å². The Morgan fingerprint density at radius 2 is 1.69 bits per heavy atom. The molecule has 2 fully saturated rings. The largest absolute Gasteiger partial charge is 0.508 e. The van der Waals surface area contributed by atoms with Gasteiger partial charge in [-0.2, -0.15) is 0 Å². The van der Waals surface area contributed by atoms with Gasteiger partial charge in [-0.25, -0.2) is 0 Å². The molecule has 4 heteroatoms. The Morgan fingerprint density at radius 3 is 2.41 bits per heavy atom. The summed E-state index contributed by atoms with van der Waals surface area (Å²) in [5.41, 5.74) is 2.97. The molecule has 0 radical (unpaired) electrons. The van der Waals surface area contributed by atoms with Crippen LogP contribution in [0.1, 0.15) is 141 Å². The predicted molar refractivity (Wildman–Crippen MR) is 161 cm³/mol. The van der Waals surface area contributed by atoms with E-state index in [4.69, 9.17) is 0 Å². The number of hydrogen-bond donors (Lipinski definition) is 2. The molecule has 3 aliphatic rings. The van der Waals surface area contributed by atoms with E-state index in [1.807, 2.05) is 17.0 Å². The molecule has 39 heavy (non-hydrogen) atoms. The lowest BCUT2D eigenvalue weighted by atomic mass is 9.52. The van der Waals surface area contributed by atoms with Crippen LogP contribution in [0.3, 0.4) is 0 Å². The number of aromatic hydroxyl groups is 1. The minimum Gasteiger partial charge on any atom is -0.508 e. The molecule has 3 aliphatic carbocycles. The van der Waals surface area contributed by atoms with Crippen molar-refractivity contribution in [2.45, 2.75) is 142 Å². The highest BCUT2D eigenvalue weighted by Gasteiger charge is 2.56. The summed E-state index contributed by atoms with van der Waals surface area (Å²) in [6.45, 7) is 8.41. The number of unbranched alkanes of at least 4 members (excludes halogenated alkanes) is 8. The number of phenols is 1. The van der Waals surface area contributed by atoms with Gasteiger partial charge < -0.3 is 15.1 Å². The number of nitrogens with zero attached hydrogens (tertiary/aromatic N) is 1. The van der Waals surface area contributed by atoms with Crippen molar-refractivity contribution < 1.29 is 15.0 Å². The Bertz CT molecular complexity index is 915. The lowest BCUT2D eigenvalue weighted by molar-refractivity contribution is -0.131. The Morgan fingerprint density at radius 1 is 0.974 bits per heavy atom. The molecule has 0 bridgehead atoms. The average Bonchev–Trinajstić information content (AvgIpc) is 3.23. The fourth-order valence-corrected chi connectivity index (χ4v) is 8.74. The molecule has 0 heterocycles. The van der Waals surface area contributed by atoms with E-state index in [1.165, 1.54) is 75.3 Å². The molecule has 0 unspecified atom stereocenters. The zero-order valence-corrected chi connectivity index (χ0v) is 25.3. The number of phenolic OH excluding ortho intramolecular Hbond substituents is 1. The smallest absolute Gasteiger partial charge is 0.222 e. The summed E-state index contributed by atoms with van der Waals surface area (Å²) in [6, 6.07) is 6.13. The van der Waals surface area contributed by atoms with E-state index < -0.39 is 0 Å². The second-order valence-corrected chi connectivity index (χ2v) is 13.5. The van der Waals surface area contributed by atoms with Crippen LogP contribution in [0.25, 0.3) is 0 Å². The van der Waals surface area contributed by atoms with Gasteiger partial charge >= 0.3 is 0 Å². The number of hydrogen-bond acceptors (Lipinski definition) is 3. The number of amides is 1. The maximum absolute atomic E-state index is 12.4. The monoisotopic (exact) mass is 539 g/mol. The quantitative estimate of drug-likeness (QED) is 0.220. The number of aliphatic hydroxyl groups is 1. The fourth-order valence-electron chi connectivity index (χ4n) is 8.74. The summed E-state index contributed by atoms with van der Waals surface area (Å²) in [5.74, 6) is 3.36. The highest BCUT2D eigenvalue weighted by Crippen LogP contribution is 2.62. The molecule has 1 amide bonds. The van der Waals surface area contributed by atoms with Crippen molar-refractivity contribution in [3.63, 3.8) is 0 Å². The number of carbonyl (C=O) groups excluding carboxylic acids is 1. The lowest BCUT2D eigenvalue weighted by Crippen LogP contribution is -2.47. The van der Waals surface area contributed by atoms with Crippen molar-refractivity contribution in [2.75, 3.05) is 13.1 Å². The van der Waals surface area contributed by atoms with Crippen LogP contribution in [0.2, 0.25) is 0 Å². The van der Waals surface area contributed by atoms with Gasteiger partial charge in [-0.05, 0) is 111 Å². The standard InChI is InChI=1S/C35H57NO3/c1-4-6-23-36(5-2)33(39)16-14-12-10-8-7-9-11-13-15-26-24-27-25-28(37)17-18-29(27)30-21-22-35(3)31(34(26)30)19-20-32(35)38/h17-18,25-26,30-32,34,37-38H,4-16,19-24H2,1-3H3/t26-,30-,31+,32+,34-,35+/m1/s1. The van der Waals surface area contributed by atoms with Crippen molar-refractivity contribution >= 4 is 5.91 Å². The molecule has 6 atom stereocenters. The summed E-state index contributed by atoms with van der Waals surface area (Å²) in [7, 11) is 0. The van der Waals surface area contributed by atoms with Crippen LogP contribution >= 0.6 is 0 Å². The van der Waals surface area contributed by atoms with Gasteiger partial charge in [0, 0.05) is 19.5 Å². The molecule has 0 saturated heterocycles. The van der Waals surface area contributed by atoms with Gasteiger partial charge in [-0.15, -0.1) is 0 Å². The van der Waals surface area contributed by atoms with Crippen LogP contribution in [-0.4, -0.2) is 40.2 Å². The number of rotatable bonds is 15. The van der Waals surface area contributed by atoms with Crippen molar-refractivity contribution in [1.29, 1.82) is 0 Å². The van der Waals surface area contributed by atoms with Gasteiger partial charge in [0.05, 0.1) is 6.10 Å².